The third-order valence-electron chi connectivity index (χ3n) is 11.6. The maximum Gasteiger partial charge on any atom is 0.294 e. The molecule has 0 bridgehead atoms. The van der Waals surface area contributed by atoms with Gasteiger partial charge in [-0.15, -0.1) is 20.3 Å². The van der Waals surface area contributed by atoms with Gasteiger partial charge in [-0.3, -0.25) is 19.4 Å². The number of nitrogens with one attached hydrogen (secondary N) is 4. The maximum atomic E-state index is 13.1. The Hall–Kier alpha value is -6.36. The fraction of sp³-hybridized carbons (Fsp3) is 0.500. The van der Waals surface area contributed by atoms with Gasteiger partial charge in [-0.1, -0.05) is 13.8 Å². The third-order valence-corrected chi connectivity index (χ3v) is 14.7. The molecule has 384 valence electrons. The number of aryl methyl sites for hydroxylation is 4. The van der Waals surface area contributed by atoms with Crippen molar-refractivity contribution in [2.45, 2.75) is 89.1 Å². The number of aliphatic hydroxyl groups is 1. The zero-order valence-corrected chi connectivity index (χ0v) is 41.9. The summed E-state index contributed by atoms with van der Waals surface area (Å²) in [6, 6.07) is 8.31. The lowest BCUT2D eigenvalue weighted by Crippen LogP contribution is -2.59. The Morgan fingerprint density at radius 3 is 1.52 bits per heavy atom. The van der Waals surface area contributed by atoms with Crippen LogP contribution < -0.4 is 30.0 Å². The predicted octanol–water partition coefficient (Wildman–Crippen LogP) is 1.61. The molecule has 2 aromatic carbocycles. The molecule has 0 aliphatic carbocycles. The zero-order chi connectivity index (χ0) is 51.2. The molecule has 0 spiro atoms. The number of β-amino-alcohol motifs (C(OH)–C–C–N with tert-alkyl or cyclic N) is 1. The smallest absolute Gasteiger partial charge is 0.294 e. The van der Waals surface area contributed by atoms with Crippen LogP contribution in [0, 0.1) is 24.0 Å². The summed E-state index contributed by atoms with van der Waals surface area (Å²) in [6.45, 7) is 14.5. The van der Waals surface area contributed by atoms with Crippen LogP contribution in [-0.2, 0) is 37.7 Å². The highest BCUT2D eigenvalue weighted by Crippen LogP contribution is 2.32. The molecule has 0 amide bonds. The Bertz CT molecular complexity index is 3230. The van der Waals surface area contributed by atoms with E-state index in [0.29, 0.717) is 122 Å². The Balaban J connectivity index is 0.000000209. The topological polar surface area (TPSA) is 316 Å². The van der Waals surface area contributed by atoms with Gasteiger partial charge in [0.15, 0.2) is 22.7 Å². The van der Waals surface area contributed by atoms with Crippen LogP contribution in [0.3, 0.4) is 0 Å². The van der Waals surface area contributed by atoms with E-state index in [1.807, 2.05) is 30.6 Å². The van der Waals surface area contributed by atoms with Crippen LogP contribution in [0.15, 0.2) is 55.8 Å². The van der Waals surface area contributed by atoms with Gasteiger partial charge in [-0.2, -0.15) is 0 Å². The lowest BCUT2D eigenvalue weighted by atomic mass is 10.1. The van der Waals surface area contributed by atoms with Crippen LogP contribution in [0.4, 0.5) is 0 Å². The average molecular weight is 1030 g/mol. The van der Waals surface area contributed by atoms with Gasteiger partial charge < -0.3 is 29.4 Å². The maximum absolute atomic E-state index is 13.1. The number of fused-ring (bicyclic) bond motifs is 2. The minimum atomic E-state index is -3.92. The van der Waals surface area contributed by atoms with Gasteiger partial charge >= 0.3 is 0 Å². The first-order valence-electron chi connectivity index (χ1n) is 23.3. The molecule has 27 heteroatoms. The number of hydrogen-bond acceptors (Lipinski definition) is 18. The summed E-state index contributed by atoms with van der Waals surface area (Å²) in [6.07, 6.45) is 2.92. The van der Waals surface area contributed by atoms with Gasteiger partial charge in [-0.05, 0) is 76.9 Å². The summed E-state index contributed by atoms with van der Waals surface area (Å²) >= 11 is 0. The highest BCUT2D eigenvalue weighted by molar-refractivity contribution is 7.89. The highest BCUT2D eigenvalue weighted by Gasteiger charge is 2.33. The van der Waals surface area contributed by atoms with E-state index in [1.54, 1.807) is 26.8 Å². The van der Waals surface area contributed by atoms with Crippen molar-refractivity contribution in [2.75, 3.05) is 65.7 Å². The molecule has 4 aromatic heterocycles. The van der Waals surface area contributed by atoms with Crippen molar-refractivity contribution >= 4 is 31.1 Å². The SMILES string of the molecule is CCCc1nc(C)c2c(=O)[nH]c(-c3cc(S(=O)(=O)NC4CN(CCO)C4)ccc3OCC)nn12.CCCc1nc(C)c2c(=O)[nH]c(-c3cc(S(=O)(=O)NC4CN(CCO[N+](=O)[O-])C4)ccc3OCC)nn12. The fourth-order valence-electron chi connectivity index (χ4n) is 8.39. The van der Waals surface area contributed by atoms with Crippen molar-refractivity contribution in [3.8, 4) is 34.3 Å². The summed E-state index contributed by atoms with van der Waals surface area (Å²) in [4.78, 5) is 58.7. The number of likely N-dealkylation sites (tertiary alicyclic amines) is 2. The molecule has 71 heavy (non-hydrogen) atoms. The average Bonchev–Trinajstić information content (AvgIpc) is 3.79. The van der Waals surface area contributed by atoms with Crippen LogP contribution >= 0.6 is 0 Å². The first kappa shape index (κ1) is 52.5. The molecule has 0 unspecified atom stereocenters. The Labute approximate surface area is 408 Å². The molecule has 2 fully saturated rings. The summed E-state index contributed by atoms with van der Waals surface area (Å²) in [7, 11) is -7.74. The molecule has 2 aliphatic heterocycles. The van der Waals surface area contributed by atoms with E-state index in [-0.39, 0.29) is 57.9 Å². The number of rotatable bonds is 22. The van der Waals surface area contributed by atoms with E-state index in [1.165, 1.54) is 39.4 Å². The Kier molecular flexibility index (Phi) is 16.5. The summed E-state index contributed by atoms with van der Waals surface area (Å²) in [5, 5.41) is 27.6. The second kappa shape index (κ2) is 22.4. The van der Waals surface area contributed by atoms with Crippen LogP contribution in [0.2, 0.25) is 0 Å². The van der Waals surface area contributed by atoms with Crippen molar-refractivity contribution in [3.05, 3.63) is 90.3 Å². The van der Waals surface area contributed by atoms with Gasteiger partial charge in [0.1, 0.15) is 29.8 Å². The molecule has 2 aliphatic rings. The van der Waals surface area contributed by atoms with Crippen LogP contribution in [0.25, 0.3) is 33.8 Å². The molecule has 0 saturated carbocycles. The second-order valence-electron chi connectivity index (χ2n) is 17.0. The minimum absolute atomic E-state index is 0.0144. The monoisotopic (exact) mass is 1030 g/mol. The van der Waals surface area contributed by atoms with Crippen LogP contribution in [-0.4, -0.2) is 154 Å². The van der Waals surface area contributed by atoms with Gasteiger partial charge in [0, 0.05) is 64.2 Å². The van der Waals surface area contributed by atoms with Gasteiger partial charge in [-0.25, -0.2) is 45.3 Å². The number of benzene rings is 2. The van der Waals surface area contributed by atoms with Crippen molar-refractivity contribution in [3.63, 3.8) is 0 Å². The summed E-state index contributed by atoms with van der Waals surface area (Å²) in [5.41, 5.74) is 1.81. The number of ether oxygens (including phenoxy) is 2. The number of nitrogens with zero attached hydrogens (tertiary/aromatic N) is 9. The number of aromatic amines is 2. The van der Waals surface area contributed by atoms with Crippen molar-refractivity contribution in [1.29, 1.82) is 0 Å². The number of hydrogen-bond donors (Lipinski definition) is 5. The van der Waals surface area contributed by atoms with Crippen LogP contribution in [0.5, 0.6) is 11.5 Å². The van der Waals surface area contributed by atoms with E-state index < -0.39 is 25.1 Å². The Morgan fingerprint density at radius 1 is 0.718 bits per heavy atom. The highest BCUT2D eigenvalue weighted by atomic mass is 32.2. The van der Waals surface area contributed by atoms with Crippen molar-refractivity contribution in [2.24, 2.45) is 0 Å². The van der Waals surface area contributed by atoms with E-state index in [2.05, 4.69) is 44.4 Å². The lowest BCUT2D eigenvalue weighted by Gasteiger charge is -2.39. The quantitative estimate of drug-likeness (QED) is 0.0476. The van der Waals surface area contributed by atoms with Gasteiger partial charge in [0.25, 0.3) is 16.2 Å². The van der Waals surface area contributed by atoms with E-state index >= 15 is 0 Å². The Morgan fingerprint density at radius 2 is 1.14 bits per heavy atom. The first-order chi connectivity index (χ1) is 33.9. The summed E-state index contributed by atoms with van der Waals surface area (Å²) < 4.78 is 72.2. The second-order valence-corrected chi connectivity index (χ2v) is 20.4. The zero-order valence-electron chi connectivity index (χ0n) is 40.3. The fourth-order valence-corrected chi connectivity index (χ4v) is 10.9. The number of H-pyrrole nitrogens is 2. The number of imidazole rings is 2. The molecule has 5 N–H and O–H groups in total. The molecular weight excluding hydrogens is 967 g/mol. The number of aliphatic hydroxyl groups excluding tert-OH is 1. The number of aromatic nitrogens is 8. The molecule has 25 nitrogen and oxygen atoms in total. The molecule has 2 saturated heterocycles. The van der Waals surface area contributed by atoms with E-state index in [4.69, 9.17) is 14.6 Å². The normalized spacial score (nSPS) is 14.8. The lowest BCUT2D eigenvalue weighted by molar-refractivity contribution is -0.757. The third kappa shape index (κ3) is 11.9. The molecule has 8 rings (SSSR count). The van der Waals surface area contributed by atoms with Crippen molar-refractivity contribution < 1.29 is 41.3 Å². The minimum Gasteiger partial charge on any atom is -0.493 e. The van der Waals surface area contributed by atoms with Gasteiger partial charge in [0.2, 0.25) is 20.0 Å². The first-order valence-corrected chi connectivity index (χ1v) is 26.3. The predicted molar refractivity (Wildman–Crippen MR) is 259 cm³/mol. The number of sulfonamides is 2. The molecule has 6 heterocycles. The molecule has 0 radical (unpaired) electrons. The van der Waals surface area contributed by atoms with Crippen LogP contribution in [0.1, 0.15) is 63.6 Å². The van der Waals surface area contributed by atoms with E-state index in [0.717, 1.165) is 12.8 Å². The molecule has 0 atom stereocenters. The standard InChI is InChI=1S/C22H29N7O7S.C22H30N6O5S/c1-4-6-19-23-14(3)20-22(30)24-21(25-28(19)20)17-11-16(7-8-18(17)35-5-2)37(33,34)26-15-12-27(13-15)9-10-36-29(31)32;1-4-6-19-23-14(3)20-22(30)24-21(25-28(19)20)17-11-16(7-8-18(17)33-5-2)34(31,32)26-15-12-27(13-15)9-10-29/h7-8,11,15,26H,4-6,9-10,12-13H2,1-3H3,(H,24,25,30);7-8,11,15,26,29H,4-6,9-10,12-13H2,1-3H3,(H,24,25,30). The molecule has 6 aromatic rings. The summed E-state index contributed by atoms with van der Waals surface area (Å²) in [5.74, 6) is 2.46. The largest absolute Gasteiger partial charge is 0.493 e. The molecular formula is C44H59N13O12S2. The van der Waals surface area contributed by atoms with Gasteiger partial charge in [0.05, 0.1) is 52.1 Å². The van der Waals surface area contributed by atoms with E-state index in [9.17, 15) is 36.5 Å². The van der Waals surface area contributed by atoms with Crippen molar-refractivity contribution in [1.82, 2.24) is 58.4 Å².